The summed E-state index contributed by atoms with van der Waals surface area (Å²) in [5, 5.41) is 0. The SMILES string of the molecule is Fc1cccc(Cn2c(C(F)(F)F)nc3ccc(Br)cc32)c1. The number of rotatable bonds is 2. The fraction of sp³-hybridized carbons (Fsp3) is 0.133. The van der Waals surface area contributed by atoms with Crippen molar-refractivity contribution in [3.8, 4) is 0 Å². The monoisotopic (exact) mass is 372 g/mol. The van der Waals surface area contributed by atoms with Crippen LogP contribution in [-0.4, -0.2) is 9.55 Å². The third-order valence-corrected chi connectivity index (χ3v) is 3.69. The Balaban J connectivity index is 2.19. The Morgan fingerprint density at radius 2 is 1.86 bits per heavy atom. The first-order chi connectivity index (χ1) is 10.3. The van der Waals surface area contributed by atoms with Gasteiger partial charge in [0.1, 0.15) is 5.82 Å². The van der Waals surface area contributed by atoms with Gasteiger partial charge in [-0.3, -0.25) is 0 Å². The van der Waals surface area contributed by atoms with E-state index < -0.39 is 17.8 Å². The fourth-order valence-electron chi connectivity index (χ4n) is 2.29. The Labute approximate surface area is 131 Å². The molecule has 0 fully saturated rings. The van der Waals surface area contributed by atoms with Gasteiger partial charge in [-0.1, -0.05) is 28.1 Å². The number of halogens is 5. The van der Waals surface area contributed by atoms with Crippen molar-refractivity contribution in [2.45, 2.75) is 12.7 Å². The first-order valence-electron chi connectivity index (χ1n) is 6.32. The molecule has 22 heavy (non-hydrogen) atoms. The maximum Gasteiger partial charge on any atom is 0.449 e. The van der Waals surface area contributed by atoms with E-state index in [9.17, 15) is 17.6 Å². The van der Waals surface area contributed by atoms with Gasteiger partial charge in [-0.2, -0.15) is 13.2 Å². The van der Waals surface area contributed by atoms with Crippen LogP contribution in [0.1, 0.15) is 11.4 Å². The molecule has 0 N–H and O–H groups in total. The highest BCUT2D eigenvalue weighted by atomic mass is 79.9. The molecule has 3 rings (SSSR count). The maximum absolute atomic E-state index is 13.3. The van der Waals surface area contributed by atoms with Crippen molar-refractivity contribution >= 4 is 27.0 Å². The van der Waals surface area contributed by atoms with E-state index in [0.717, 1.165) is 4.57 Å². The number of nitrogens with zero attached hydrogens (tertiary/aromatic N) is 2. The van der Waals surface area contributed by atoms with Crippen molar-refractivity contribution < 1.29 is 17.6 Å². The molecule has 0 saturated heterocycles. The van der Waals surface area contributed by atoms with E-state index >= 15 is 0 Å². The molecule has 0 atom stereocenters. The minimum atomic E-state index is -4.58. The lowest BCUT2D eigenvalue weighted by atomic mass is 10.2. The van der Waals surface area contributed by atoms with E-state index in [-0.39, 0.29) is 12.1 Å². The minimum Gasteiger partial charge on any atom is -0.316 e. The molecule has 0 aliphatic heterocycles. The lowest BCUT2D eigenvalue weighted by Gasteiger charge is -2.11. The van der Waals surface area contributed by atoms with Gasteiger partial charge < -0.3 is 4.57 Å². The zero-order valence-electron chi connectivity index (χ0n) is 11.0. The Kier molecular flexibility index (Phi) is 3.68. The highest BCUT2D eigenvalue weighted by Crippen LogP contribution is 2.33. The van der Waals surface area contributed by atoms with E-state index in [2.05, 4.69) is 20.9 Å². The van der Waals surface area contributed by atoms with E-state index in [4.69, 9.17) is 0 Å². The standard InChI is InChI=1S/C15H9BrF4N2/c16-10-4-5-12-13(7-10)22(14(21-12)15(18,19)20)8-9-2-1-3-11(17)6-9/h1-7H,8H2. The van der Waals surface area contributed by atoms with Crippen molar-refractivity contribution in [2.24, 2.45) is 0 Å². The largest absolute Gasteiger partial charge is 0.449 e. The molecular formula is C15H9BrF4N2. The van der Waals surface area contributed by atoms with Crippen LogP contribution in [-0.2, 0) is 12.7 Å². The smallest absolute Gasteiger partial charge is 0.316 e. The van der Waals surface area contributed by atoms with Gasteiger partial charge in [-0.25, -0.2) is 9.37 Å². The van der Waals surface area contributed by atoms with Crippen molar-refractivity contribution in [3.05, 3.63) is 64.1 Å². The number of benzene rings is 2. The molecule has 2 aromatic carbocycles. The number of hydrogen-bond acceptors (Lipinski definition) is 1. The van der Waals surface area contributed by atoms with Crippen LogP contribution in [0, 0.1) is 5.82 Å². The van der Waals surface area contributed by atoms with Gasteiger partial charge >= 0.3 is 6.18 Å². The summed E-state index contributed by atoms with van der Waals surface area (Å²) < 4.78 is 54.6. The molecule has 0 aliphatic rings. The van der Waals surface area contributed by atoms with E-state index in [0.29, 0.717) is 15.6 Å². The van der Waals surface area contributed by atoms with Crippen molar-refractivity contribution in [1.29, 1.82) is 0 Å². The molecule has 0 saturated carbocycles. The zero-order valence-corrected chi connectivity index (χ0v) is 12.6. The Morgan fingerprint density at radius 1 is 1.09 bits per heavy atom. The van der Waals surface area contributed by atoms with E-state index in [1.807, 2.05) is 0 Å². The summed E-state index contributed by atoms with van der Waals surface area (Å²) in [5.41, 5.74) is 1.02. The predicted molar refractivity (Wildman–Crippen MR) is 77.9 cm³/mol. The molecule has 2 nitrogen and oxygen atoms in total. The van der Waals surface area contributed by atoms with Crippen LogP contribution >= 0.6 is 15.9 Å². The highest BCUT2D eigenvalue weighted by molar-refractivity contribution is 9.10. The fourth-order valence-corrected chi connectivity index (χ4v) is 2.64. The number of aromatic nitrogens is 2. The summed E-state index contributed by atoms with van der Waals surface area (Å²) in [4.78, 5) is 3.67. The molecule has 114 valence electrons. The van der Waals surface area contributed by atoms with E-state index in [1.54, 1.807) is 18.2 Å². The van der Waals surface area contributed by atoms with Crippen LogP contribution in [0.3, 0.4) is 0 Å². The highest BCUT2D eigenvalue weighted by Gasteiger charge is 2.37. The molecule has 1 heterocycles. The van der Waals surface area contributed by atoms with Gasteiger partial charge in [-0.05, 0) is 35.9 Å². The Morgan fingerprint density at radius 3 is 2.55 bits per heavy atom. The van der Waals surface area contributed by atoms with Gasteiger partial charge in [0, 0.05) is 11.0 Å². The summed E-state index contributed by atoms with van der Waals surface area (Å²) >= 11 is 3.24. The van der Waals surface area contributed by atoms with Crippen LogP contribution in [0.4, 0.5) is 17.6 Å². The van der Waals surface area contributed by atoms with Gasteiger partial charge in [0.25, 0.3) is 0 Å². The number of hydrogen-bond donors (Lipinski definition) is 0. The number of alkyl halides is 3. The van der Waals surface area contributed by atoms with Crippen LogP contribution in [0.5, 0.6) is 0 Å². The molecular weight excluding hydrogens is 364 g/mol. The first-order valence-corrected chi connectivity index (χ1v) is 7.11. The third kappa shape index (κ3) is 2.85. The van der Waals surface area contributed by atoms with Crippen LogP contribution in [0.15, 0.2) is 46.9 Å². The average molecular weight is 373 g/mol. The van der Waals surface area contributed by atoms with Crippen molar-refractivity contribution in [1.82, 2.24) is 9.55 Å². The van der Waals surface area contributed by atoms with E-state index in [1.165, 1.54) is 24.3 Å². The first kappa shape index (κ1) is 15.0. The lowest BCUT2D eigenvalue weighted by molar-refractivity contribution is -0.146. The van der Waals surface area contributed by atoms with Crippen molar-refractivity contribution in [2.75, 3.05) is 0 Å². The molecule has 0 radical (unpaired) electrons. The third-order valence-electron chi connectivity index (χ3n) is 3.19. The number of fused-ring (bicyclic) bond motifs is 1. The molecule has 0 unspecified atom stereocenters. The van der Waals surface area contributed by atoms with Crippen LogP contribution in [0.25, 0.3) is 11.0 Å². The normalized spacial score (nSPS) is 12.0. The second-order valence-corrected chi connectivity index (χ2v) is 5.70. The van der Waals surface area contributed by atoms with Gasteiger partial charge in [-0.15, -0.1) is 0 Å². The number of imidazole rings is 1. The predicted octanol–water partition coefficient (Wildman–Crippen LogP) is 5.01. The maximum atomic E-state index is 13.3. The molecule has 0 aliphatic carbocycles. The van der Waals surface area contributed by atoms with Gasteiger partial charge in [0.05, 0.1) is 11.0 Å². The van der Waals surface area contributed by atoms with Crippen LogP contribution in [0.2, 0.25) is 0 Å². The van der Waals surface area contributed by atoms with Crippen LogP contribution < -0.4 is 0 Å². The summed E-state index contributed by atoms with van der Waals surface area (Å²) in [6, 6.07) is 10.2. The topological polar surface area (TPSA) is 17.8 Å². The minimum absolute atomic E-state index is 0.112. The Bertz CT molecular complexity index is 839. The second kappa shape index (κ2) is 5.39. The quantitative estimate of drug-likeness (QED) is 0.578. The van der Waals surface area contributed by atoms with Gasteiger partial charge in [0.2, 0.25) is 5.82 Å². The summed E-state index contributed by atoms with van der Waals surface area (Å²) in [6.45, 7) is -0.112. The van der Waals surface area contributed by atoms with Crippen molar-refractivity contribution in [3.63, 3.8) is 0 Å². The Hall–Kier alpha value is -1.89. The summed E-state index contributed by atoms with van der Waals surface area (Å²) in [5.74, 6) is -1.48. The molecule has 0 bridgehead atoms. The zero-order chi connectivity index (χ0) is 15.9. The molecule has 1 aromatic heterocycles. The second-order valence-electron chi connectivity index (χ2n) is 4.78. The summed E-state index contributed by atoms with van der Waals surface area (Å²) in [7, 11) is 0. The molecule has 0 amide bonds. The summed E-state index contributed by atoms with van der Waals surface area (Å²) in [6.07, 6.45) is -4.58. The lowest BCUT2D eigenvalue weighted by Crippen LogP contribution is -2.15. The molecule has 3 aromatic rings. The average Bonchev–Trinajstić information content (AvgIpc) is 2.77. The van der Waals surface area contributed by atoms with Gasteiger partial charge in [0.15, 0.2) is 0 Å². The molecule has 7 heteroatoms. The molecule has 0 spiro atoms.